The van der Waals surface area contributed by atoms with Crippen molar-refractivity contribution in [1.29, 1.82) is 0 Å². The van der Waals surface area contributed by atoms with Crippen molar-refractivity contribution in [2.24, 2.45) is 11.7 Å². The first kappa shape index (κ1) is 18.6. The summed E-state index contributed by atoms with van der Waals surface area (Å²) in [6.45, 7) is 0.654. The molecule has 0 spiro atoms. The lowest BCUT2D eigenvalue weighted by molar-refractivity contribution is -0.123. The Morgan fingerprint density at radius 2 is 2.08 bits per heavy atom. The number of hydrogen-bond donors (Lipinski definition) is 2. The van der Waals surface area contributed by atoms with Crippen LogP contribution in [0.2, 0.25) is 5.02 Å². The van der Waals surface area contributed by atoms with E-state index in [0.717, 1.165) is 24.8 Å². The third-order valence-corrected chi connectivity index (χ3v) is 4.40. The number of carbonyl (C=O) groups excluding carboxylic acids is 1. The van der Waals surface area contributed by atoms with E-state index in [1.807, 2.05) is 12.1 Å². The monoisotopic (exact) mass is 370 g/mol. The minimum atomic E-state index is -0.115. The molecule has 1 aliphatic carbocycles. The summed E-state index contributed by atoms with van der Waals surface area (Å²) >= 11 is 5.85. The molecule has 3 N–H and O–H groups in total. The molecule has 2 atom stereocenters. The molecule has 130 valence electrons. The van der Waals surface area contributed by atoms with E-state index in [1.54, 1.807) is 12.1 Å². The predicted octanol–water partition coefficient (Wildman–Crippen LogP) is 1.66. The van der Waals surface area contributed by atoms with Crippen molar-refractivity contribution < 1.29 is 4.79 Å². The summed E-state index contributed by atoms with van der Waals surface area (Å²) in [5.74, 6) is 0.720. The van der Waals surface area contributed by atoms with Crippen LogP contribution in [0.15, 0.2) is 24.3 Å². The van der Waals surface area contributed by atoms with Crippen LogP contribution in [0.3, 0.4) is 0 Å². The van der Waals surface area contributed by atoms with E-state index in [-0.39, 0.29) is 30.9 Å². The standard InChI is InChI=1S/C15H19ClN6O.ClH/c16-12-6-4-10(5-7-12)15-19-21-22(20-15)9-14(23)18-13-3-1-2-11(13)8-17;/h4-7,11,13H,1-3,8-9,17H2,(H,18,23);1H. The van der Waals surface area contributed by atoms with E-state index >= 15 is 0 Å². The summed E-state index contributed by atoms with van der Waals surface area (Å²) in [4.78, 5) is 13.4. The van der Waals surface area contributed by atoms with Gasteiger partial charge >= 0.3 is 0 Å². The third-order valence-electron chi connectivity index (χ3n) is 4.15. The van der Waals surface area contributed by atoms with Crippen molar-refractivity contribution in [3.8, 4) is 11.4 Å². The van der Waals surface area contributed by atoms with E-state index in [1.165, 1.54) is 4.80 Å². The van der Waals surface area contributed by atoms with Crippen LogP contribution in [0.4, 0.5) is 0 Å². The lowest BCUT2D eigenvalue weighted by Gasteiger charge is -2.19. The molecule has 0 radical (unpaired) electrons. The molecule has 1 fully saturated rings. The zero-order chi connectivity index (χ0) is 16.2. The van der Waals surface area contributed by atoms with Crippen molar-refractivity contribution >= 4 is 29.9 Å². The van der Waals surface area contributed by atoms with Gasteiger partial charge in [-0.05, 0) is 54.8 Å². The first-order valence-corrected chi connectivity index (χ1v) is 8.06. The summed E-state index contributed by atoms with van der Waals surface area (Å²) in [5, 5.41) is 15.8. The maximum absolute atomic E-state index is 12.1. The van der Waals surface area contributed by atoms with Gasteiger partial charge in [0.1, 0.15) is 6.54 Å². The molecule has 1 aromatic heterocycles. The van der Waals surface area contributed by atoms with Gasteiger partial charge in [-0.3, -0.25) is 4.79 Å². The molecular formula is C15H20Cl2N6O. The van der Waals surface area contributed by atoms with Crippen LogP contribution < -0.4 is 11.1 Å². The SMILES string of the molecule is Cl.NCC1CCCC1NC(=O)Cn1nnc(-c2ccc(Cl)cc2)n1. The fraction of sp³-hybridized carbons (Fsp3) is 0.467. The quantitative estimate of drug-likeness (QED) is 0.833. The molecule has 1 aliphatic rings. The van der Waals surface area contributed by atoms with Crippen LogP contribution in [0.1, 0.15) is 19.3 Å². The Kier molecular flexibility index (Phi) is 6.53. The highest BCUT2D eigenvalue weighted by Crippen LogP contribution is 2.24. The molecule has 7 nitrogen and oxygen atoms in total. The number of hydrogen-bond acceptors (Lipinski definition) is 5. The van der Waals surface area contributed by atoms with E-state index in [9.17, 15) is 4.79 Å². The summed E-state index contributed by atoms with van der Waals surface area (Å²) in [6, 6.07) is 7.31. The lowest BCUT2D eigenvalue weighted by atomic mass is 10.0. The molecule has 1 amide bonds. The van der Waals surface area contributed by atoms with Gasteiger partial charge in [0.15, 0.2) is 0 Å². The van der Waals surface area contributed by atoms with Crippen molar-refractivity contribution in [2.45, 2.75) is 31.8 Å². The molecule has 0 bridgehead atoms. The van der Waals surface area contributed by atoms with Gasteiger partial charge in [-0.1, -0.05) is 18.0 Å². The van der Waals surface area contributed by atoms with Gasteiger partial charge in [0.05, 0.1) is 0 Å². The van der Waals surface area contributed by atoms with E-state index in [4.69, 9.17) is 17.3 Å². The van der Waals surface area contributed by atoms with Gasteiger partial charge in [-0.25, -0.2) is 0 Å². The Hall–Kier alpha value is -1.70. The first-order valence-electron chi connectivity index (χ1n) is 7.69. The second-order valence-electron chi connectivity index (χ2n) is 5.75. The predicted molar refractivity (Wildman–Crippen MR) is 93.8 cm³/mol. The Morgan fingerprint density at radius 1 is 1.33 bits per heavy atom. The van der Waals surface area contributed by atoms with Crippen molar-refractivity contribution in [3.05, 3.63) is 29.3 Å². The number of rotatable bonds is 5. The highest BCUT2D eigenvalue weighted by Gasteiger charge is 2.27. The fourth-order valence-corrected chi connectivity index (χ4v) is 3.04. The minimum absolute atomic E-state index is 0. The molecule has 2 aromatic rings. The van der Waals surface area contributed by atoms with Crippen LogP contribution in [-0.2, 0) is 11.3 Å². The van der Waals surface area contributed by atoms with Crippen molar-refractivity contribution in [3.63, 3.8) is 0 Å². The number of halogens is 2. The Bertz CT molecular complexity index is 675. The number of aromatic nitrogens is 4. The van der Waals surface area contributed by atoms with Crippen LogP contribution in [0.5, 0.6) is 0 Å². The van der Waals surface area contributed by atoms with E-state index in [0.29, 0.717) is 23.3 Å². The van der Waals surface area contributed by atoms with Crippen LogP contribution in [0.25, 0.3) is 11.4 Å². The Labute approximate surface area is 151 Å². The second kappa shape index (κ2) is 8.41. The van der Waals surface area contributed by atoms with Crippen LogP contribution in [-0.4, -0.2) is 38.7 Å². The Morgan fingerprint density at radius 3 is 2.79 bits per heavy atom. The van der Waals surface area contributed by atoms with Crippen LogP contribution in [0, 0.1) is 5.92 Å². The van der Waals surface area contributed by atoms with Crippen molar-refractivity contribution in [2.75, 3.05) is 6.54 Å². The molecule has 1 saturated carbocycles. The zero-order valence-electron chi connectivity index (χ0n) is 13.1. The maximum atomic E-state index is 12.1. The fourth-order valence-electron chi connectivity index (χ4n) is 2.91. The van der Waals surface area contributed by atoms with Gasteiger partial charge in [0.25, 0.3) is 0 Å². The topological polar surface area (TPSA) is 98.7 Å². The molecule has 1 heterocycles. The molecule has 3 rings (SSSR count). The number of nitrogens with zero attached hydrogens (tertiary/aromatic N) is 4. The lowest BCUT2D eigenvalue weighted by Crippen LogP contribution is -2.41. The normalized spacial score (nSPS) is 19.8. The zero-order valence-corrected chi connectivity index (χ0v) is 14.6. The minimum Gasteiger partial charge on any atom is -0.351 e. The van der Waals surface area contributed by atoms with Gasteiger partial charge in [-0.2, -0.15) is 4.80 Å². The highest BCUT2D eigenvalue weighted by molar-refractivity contribution is 6.30. The van der Waals surface area contributed by atoms with Crippen LogP contribution >= 0.6 is 24.0 Å². The average Bonchev–Trinajstić information content (AvgIpc) is 3.17. The molecule has 2 unspecified atom stereocenters. The van der Waals surface area contributed by atoms with Gasteiger partial charge in [0, 0.05) is 16.6 Å². The smallest absolute Gasteiger partial charge is 0.243 e. The number of amides is 1. The summed E-state index contributed by atoms with van der Waals surface area (Å²) < 4.78 is 0. The molecule has 1 aromatic carbocycles. The number of nitrogens with one attached hydrogen (secondary N) is 1. The molecule has 0 saturated heterocycles. The first-order chi connectivity index (χ1) is 11.2. The summed E-state index contributed by atoms with van der Waals surface area (Å²) in [5.41, 5.74) is 6.54. The molecular weight excluding hydrogens is 351 g/mol. The Balaban J connectivity index is 0.00000208. The second-order valence-corrected chi connectivity index (χ2v) is 6.19. The van der Waals surface area contributed by atoms with E-state index in [2.05, 4.69) is 20.7 Å². The molecule has 0 aliphatic heterocycles. The van der Waals surface area contributed by atoms with Crippen molar-refractivity contribution in [1.82, 2.24) is 25.5 Å². The molecule has 9 heteroatoms. The third kappa shape index (κ3) is 4.43. The summed E-state index contributed by atoms with van der Waals surface area (Å²) in [7, 11) is 0. The van der Waals surface area contributed by atoms with Gasteiger partial charge in [-0.15, -0.1) is 22.6 Å². The molecule has 24 heavy (non-hydrogen) atoms. The van der Waals surface area contributed by atoms with Gasteiger partial charge in [0.2, 0.25) is 11.7 Å². The maximum Gasteiger partial charge on any atom is 0.243 e. The highest BCUT2D eigenvalue weighted by atomic mass is 35.5. The average molecular weight is 371 g/mol. The number of tetrazole rings is 1. The van der Waals surface area contributed by atoms with Gasteiger partial charge < -0.3 is 11.1 Å². The number of nitrogens with two attached hydrogens (primary N) is 1. The number of carbonyl (C=O) groups is 1. The van der Waals surface area contributed by atoms with E-state index < -0.39 is 0 Å². The summed E-state index contributed by atoms with van der Waals surface area (Å²) in [6.07, 6.45) is 3.16. The largest absolute Gasteiger partial charge is 0.351 e. The number of benzene rings is 1.